The van der Waals surface area contributed by atoms with Crippen molar-refractivity contribution in [1.82, 2.24) is 5.32 Å². The fourth-order valence-corrected chi connectivity index (χ4v) is 2.17. The van der Waals surface area contributed by atoms with Gasteiger partial charge in [-0.25, -0.2) is 0 Å². The van der Waals surface area contributed by atoms with E-state index >= 15 is 0 Å². The third kappa shape index (κ3) is 5.57. The summed E-state index contributed by atoms with van der Waals surface area (Å²) in [6, 6.07) is 10.8. The standard InChI is InChI=1S/C14H23NS/c1-13(14-7-4-3-5-8-14)9-11-15-10-6-12-16-2/h3-5,7-8,13,15H,6,9-12H2,1-2H3. The minimum atomic E-state index is 0.661. The second-order valence-electron chi connectivity index (χ2n) is 4.20. The Labute approximate surface area is 104 Å². The van der Waals surface area contributed by atoms with Gasteiger partial charge in [-0.3, -0.25) is 0 Å². The van der Waals surface area contributed by atoms with Crippen molar-refractivity contribution in [1.29, 1.82) is 0 Å². The molecule has 1 aromatic carbocycles. The molecule has 0 amide bonds. The second kappa shape index (κ2) is 8.66. The van der Waals surface area contributed by atoms with Crippen molar-refractivity contribution in [2.45, 2.75) is 25.7 Å². The molecule has 90 valence electrons. The van der Waals surface area contributed by atoms with Crippen LogP contribution in [0.5, 0.6) is 0 Å². The predicted molar refractivity (Wildman–Crippen MR) is 75.3 cm³/mol. The van der Waals surface area contributed by atoms with E-state index in [0.29, 0.717) is 5.92 Å². The third-order valence-electron chi connectivity index (χ3n) is 2.82. The van der Waals surface area contributed by atoms with Gasteiger partial charge in [0.15, 0.2) is 0 Å². The van der Waals surface area contributed by atoms with Gasteiger partial charge in [-0.2, -0.15) is 11.8 Å². The summed E-state index contributed by atoms with van der Waals surface area (Å²) in [5, 5.41) is 3.51. The van der Waals surface area contributed by atoms with Crippen molar-refractivity contribution < 1.29 is 0 Å². The Morgan fingerprint density at radius 1 is 1.19 bits per heavy atom. The molecule has 0 radical (unpaired) electrons. The largest absolute Gasteiger partial charge is 0.317 e. The number of hydrogen-bond donors (Lipinski definition) is 1. The van der Waals surface area contributed by atoms with E-state index in [2.05, 4.69) is 48.8 Å². The first-order valence-corrected chi connectivity index (χ1v) is 7.48. The van der Waals surface area contributed by atoms with Gasteiger partial charge in [0, 0.05) is 0 Å². The lowest BCUT2D eigenvalue weighted by Crippen LogP contribution is -2.18. The van der Waals surface area contributed by atoms with Gasteiger partial charge in [0.05, 0.1) is 0 Å². The van der Waals surface area contributed by atoms with Crippen molar-refractivity contribution >= 4 is 11.8 Å². The van der Waals surface area contributed by atoms with Crippen molar-refractivity contribution in [2.75, 3.05) is 25.1 Å². The van der Waals surface area contributed by atoms with Crippen LogP contribution < -0.4 is 5.32 Å². The molecule has 1 unspecified atom stereocenters. The van der Waals surface area contributed by atoms with Crippen molar-refractivity contribution in [2.24, 2.45) is 0 Å². The van der Waals surface area contributed by atoms with Gasteiger partial charge in [0.25, 0.3) is 0 Å². The predicted octanol–water partition coefficient (Wildman–Crippen LogP) is 3.52. The molecule has 1 nitrogen and oxygen atoms in total. The highest BCUT2D eigenvalue weighted by atomic mass is 32.2. The quantitative estimate of drug-likeness (QED) is 0.694. The lowest BCUT2D eigenvalue weighted by molar-refractivity contribution is 0.592. The van der Waals surface area contributed by atoms with E-state index < -0.39 is 0 Å². The van der Waals surface area contributed by atoms with Crippen molar-refractivity contribution in [3.63, 3.8) is 0 Å². The molecule has 0 saturated carbocycles. The summed E-state index contributed by atoms with van der Waals surface area (Å²) in [4.78, 5) is 0. The highest BCUT2D eigenvalue weighted by Crippen LogP contribution is 2.17. The molecule has 0 aromatic heterocycles. The van der Waals surface area contributed by atoms with E-state index in [1.807, 2.05) is 11.8 Å². The minimum absolute atomic E-state index is 0.661. The molecule has 0 saturated heterocycles. The molecule has 0 heterocycles. The van der Waals surface area contributed by atoms with Crippen LogP contribution in [-0.2, 0) is 0 Å². The van der Waals surface area contributed by atoms with Gasteiger partial charge in [-0.05, 0) is 49.4 Å². The molecule has 2 heteroatoms. The SMILES string of the molecule is CSCCCNCCC(C)c1ccccc1. The Kier molecular flexibility index (Phi) is 7.35. The zero-order valence-electron chi connectivity index (χ0n) is 10.4. The number of rotatable bonds is 8. The van der Waals surface area contributed by atoms with Gasteiger partial charge in [0.1, 0.15) is 0 Å². The Bertz CT molecular complexity index is 261. The second-order valence-corrected chi connectivity index (χ2v) is 5.18. The molecule has 1 aromatic rings. The van der Waals surface area contributed by atoms with Crippen LogP contribution in [0.4, 0.5) is 0 Å². The van der Waals surface area contributed by atoms with Crippen LogP contribution in [0.2, 0.25) is 0 Å². The average Bonchev–Trinajstić information content (AvgIpc) is 2.34. The molecular formula is C14H23NS. The fraction of sp³-hybridized carbons (Fsp3) is 0.571. The topological polar surface area (TPSA) is 12.0 Å². The maximum atomic E-state index is 3.51. The number of thioether (sulfide) groups is 1. The van der Waals surface area contributed by atoms with Gasteiger partial charge >= 0.3 is 0 Å². The highest BCUT2D eigenvalue weighted by molar-refractivity contribution is 7.98. The molecule has 0 aliphatic rings. The number of hydrogen-bond acceptors (Lipinski definition) is 2. The van der Waals surface area contributed by atoms with E-state index in [1.165, 1.54) is 24.2 Å². The maximum Gasteiger partial charge on any atom is -0.00411 e. The summed E-state index contributed by atoms with van der Waals surface area (Å²) in [5.74, 6) is 1.93. The zero-order valence-corrected chi connectivity index (χ0v) is 11.2. The van der Waals surface area contributed by atoms with E-state index in [9.17, 15) is 0 Å². The molecule has 0 fully saturated rings. The van der Waals surface area contributed by atoms with E-state index in [-0.39, 0.29) is 0 Å². The fourth-order valence-electron chi connectivity index (χ4n) is 1.73. The normalized spacial score (nSPS) is 12.6. The first-order valence-electron chi connectivity index (χ1n) is 6.09. The summed E-state index contributed by atoms with van der Waals surface area (Å²) in [6.45, 7) is 4.59. The van der Waals surface area contributed by atoms with Gasteiger partial charge in [-0.1, -0.05) is 37.3 Å². The van der Waals surface area contributed by atoms with Crippen molar-refractivity contribution in [3.8, 4) is 0 Å². The molecule has 0 spiro atoms. The van der Waals surface area contributed by atoms with Crippen LogP contribution in [0.1, 0.15) is 31.2 Å². The van der Waals surface area contributed by atoms with Crippen LogP contribution >= 0.6 is 11.8 Å². The Morgan fingerprint density at radius 3 is 2.62 bits per heavy atom. The van der Waals surface area contributed by atoms with Crippen LogP contribution in [0, 0.1) is 0 Å². The third-order valence-corrected chi connectivity index (χ3v) is 3.52. The number of benzene rings is 1. The lowest BCUT2D eigenvalue weighted by Gasteiger charge is -2.12. The molecule has 1 atom stereocenters. The molecule has 0 bridgehead atoms. The monoisotopic (exact) mass is 237 g/mol. The van der Waals surface area contributed by atoms with E-state index in [0.717, 1.165) is 13.1 Å². The van der Waals surface area contributed by atoms with Crippen molar-refractivity contribution in [3.05, 3.63) is 35.9 Å². The summed E-state index contributed by atoms with van der Waals surface area (Å²) < 4.78 is 0. The molecular weight excluding hydrogens is 214 g/mol. The first kappa shape index (κ1) is 13.6. The number of nitrogens with one attached hydrogen (secondary N) is 1. The summed E-state index contributed by atoms with van der Waals surface area (Å²) >= 11 is 1.92. The van der Waals surface area contributed by atoms with Crippen LogP contribution in [0.25, 0.3) is 0 Å². The lowest BCUT2D eigenvalue weighted by atomic mass is 9.98. The van der Waals surface area contributed by atoms with Crippen LogP contribution in [0.3, 0.4) is 0 Å². The highest BCUT2D eigenvalue weighted by Gasteiger charge is 2.03. The molecule has 1 N–H and O–H groups in total. The summed E-state index contributed by atoms with van der Waals surface area (Å²) in [7, 11) is 0. The summed E-state index contributed by atoms with van der Waals surface area (Å²) in [6.07, 6.45) is 4.67. The minimum Gasteiger partial charge on any atom is -0.317 e. The molecule has 0 aliphatic carbocycles. The Morgan fingerprint density at radius 2 is 1.94 bits per heavy atom. The molecule has 0 aliphatic heterocycles. The Balaban J connectivity index is 2.09. The van der Waals surface area contributed by atoms with Crippen LogP contribution in [-0.4, -0.2) is 25.1 Å². The average molecular weight is 237 g/mol. The first-order chi connectivity index (χ1) is 7.84. The Hall–Kier alpha value is -0.470. The van der Waals surface area contributed by atoms with Crippen LogP contribution in [0.15, 0.2) is 30.3 Å². The van der Waals surface area contributed by atoms with E-state index in [1.54, 1.807) is 0 Å². The summed E-state index contributed by atoms with van der Waals surface area (Å²) in [5.41, 5.74) is 1.45. The smallest absolute Gasteiger partial charge is 0.00411 e. The zero-order chi connectivity index (χ0) is 11.6. The van der Waals surface area contributed by atoms with Gasteiger partial charge in [-0.15, -0.1) is 0 Å². The van der Waals surface area contributed by atoms with Gasteiger partial charge < -0.3 is 5.32 Å². The van der Waals surface area contributed by atoms with Gasteiger partial charge in [0.2, 0.25) is 0 Å². The molecule has 16 heavy (non-hydrogen) atoms. The maximum absolute atomic E-state index is 3.51. The van der Waals surface area contributed by atoms with E-state index in [4.69, 9.17) is 0 Å². The molecule has 1 rings (SSSR count).